The lowest BCUT2D eigenvalue weighted by atomic mass is 10.0. The van der Waals surface area contributed by atoms with Crippen LogP contribution in [0.2, 0.25) is 0 Å². The van der Waals surface area contributed by atoms with Crippen molar-refractivity contribution in [1.29, 1.82) is 0 Å². The van der Waals surface area contributed by atoms with Crippen LogP contribution < -0.4 is 0 Å². The van der Waals surface area contributed by atoms with Gasteiger partial charge in [0.2, 0.25) is 0 Å². The fourth-order valence-corrected chi connectivity index (χ4v) is 2.57. The lowest BCUT2D eigenvalue weighted by molar-refractivity contribution is -0.251. The van der Waals surface area contributed by atoms with Gasteiger partial charge in [-0.1, -0.05) is 36.4 Å². The highest BCUT2D eigenvalue weighted by atomic mass is 16.7. The minimum atomic E-state index is -1.53. The van der Waals surface area contributed by atoms with E-state index in [0.29, 0.717) is 0 Å². The zero-order valence-electron chi connectivity index (χ0n) is 13.7. The average Bonchev–Trinajstić information content (AvgIpc) is 2.68. The molecule has 0 spiro atoms. The average molecular weight is 358 g/mol. The zero-order chi connectivity index (χ0) is 18.5. The summed E-state index contributed by atoms with van der Waals surface area (Å²) in [5, 5.41) is 20.2. The predicted molar refractivity (Wildman–Crippen MR) is 89.3 cm³/mol. The molecular formula is C19H18O7. The van der Waals surface area contributed by atoms with E-state index in [0.717, 1.165) is 0 Å². The Morgan fingerprint density at radius 2 is 1.27 bits per heavy atom. The minimum Gasteiger partial charge on any atom is -0.452 e. The van der Waals surface area contributed by atoms with Gasteiger partial charge >= 0.3 is 11.9 Å². The maximum Gasteiger partial charge on any atom is 0.338 e. The van der Waals surface area contributed by atoms with E-state index < -0.39 is 36.5 Å². The molecule has 0 aliphatic carbocycles. The van der Waals surface area contributed by atoms with Crippen molar-refractivity contribution in [3.8, 4) is 0 Å². The fraction of sp³-hybridized carbons (Fsp3) is 0.263. The van der Waals surface area contributed by atoms with Crippen LogP contribution >= 0.6 is 0 Å². The third kappa shape index (κ3) is 4.08. The number of benzene rings is 2. The summed E-state index contributed by atoms with van der Waals surface area (Å²) < 4.78 is 15.6. The van der Waals surface area contributed by atoms with Gasteiger partial charge in [-0.2, -0.15) is 0 Å². The number of aliphatic hydroxyl groups excluding tert-OH is 2. The number of hydrogen-bond acceptors (Lipinski definition) is 7. The number of esters is 2. The van der Waals surface area contributed by atoms with E-state index in [-0.39, 0.29) is 17.7 Å². The first kappa shape index (κ1) is 18.1. The Hall–Kier alpha value is -2.74. The molecule has 4 atom stereocenters. The quantitative estimate of drug-likeness (QED) is 0.790. The first-order valence-corrected chi connectivity index (χ1v) is 8.06. The molecule has 7 nitrogen and oxygen atoms in total. The number of rotatable bonds is 4. The Bertz CT molecular complexity index is 681. The van der Waals surface area contributed by atoms with Crippen molar-refractivity contribution in [3.05, 3.63) is 71.8 Å². The van der Waals surface area contributed by atoms with Crippen LogP contribution in [0.1, 0.15) is 20.7 Å². The third-order valence-corrected chi connectivity index (χ3v) is 3.93. The zero-order valence-corrected chi connectivity index (χ0v) is 13.7. The van der Waals surface area contributed by atoms with Crippen LogP contribution in [-0.4, -0.2) is 53.4 Å². The van der Waals surface area contributed by atoms with Crippen LogP contribution in [0.15, 0.2) is 60.7 Å². The van der Waals surface area contributed by atoms with Gasteiger partial charge in [0, 0.05) is 0 Å². The second-order valence-corrected chi connectivity index (χ2v) is 5.76. The van der Waals surface area contributed by atoms with Crippen molar-refractivity contribution >= 4 is 11.9 Å². The summed E-state index contributed by atoms with van der Waals surface area (Å²) in [5.41, 5.74) is 0.529. The summed E-state index contributed by atoms with van der Waals surface area (Å²) in [5.74, 6) is -1.43. The molecule has 1 saturated heterocycles. The van der Waals surface area contributed by atoms with Crippen LogP contribution in [-0.2, 0) is 14.2 Å². The first-order valence-electron chi connectivity index (χ1n) is 8.06. The van der Waals surface area contributed by atoms with Crippen molar-refractivity contribution < 1.29 is 34.0 Å². The van der Waals surface area contributed by atoms with Crippen molar-refractivity contribution in [2.75, 3.05) is 6.61 Å². The molecule has 3 rings (SSSR count). The van der Waals surface area contributed by atoms with Gasteiger partial charge in [-0.3, -0.25) is 0 Å². The molecule has 2 aromatic carbocycles. The highest BCUT2D eigenvalue weighted by Gasteiger charge is 2.44. The fourth-order valence-electron chi connectivity index (χ4n) is 2.57. The summed E-state index contributed by atoms with van der Waals surface area (Å²) in [6.07, 6.45) is -5.41. The van der Waals surface area contributed by atoms with Gasteiger partial charge in [0.25, 0.3) is 0 Å². The highest BCUT2D eigenvalue weighted by molar-refractivity contribution is 5.90. The van der Waals surface area contributed by atoms with Crippen molar-refractivity contribution in [2.45, 2.75) is 24.6 Å². The summed E-state index contributed by atoms with van der Waals surface area (Å²) in [7, 11) is 0. The summed E-state index contributed by atoms with van der Waals surface area (Å²) in [6, 6.07) is 16.3. The summed E-state index contributed by atoms with van der Waals surface area (Å²) in [4.78, 5) is 24.5. The van der Waals surface area contributed by atoms with E-state index in [4.69, 9.17) is 14.2 Å². The van der Waals surface area contributed by atoms with Gasteiger partial charge in [-0.25, -0.2) is 9.59 Å². The van der Waals surface area contributed by atoms with Crippen LogP contribution in [0.4, 0.5) is 0 Å². The first-order chi connectivity index (χ1) is 12.6. The Morgan fingerprint density at radius 1 is 0.808 bits per heavy atom. The molecule has 1 heterocycles. The largest absolute Gasteiger partial charge is 0.452 e. The monoisotopic (exact) mass is 358 g/mol. The number of hydrogen-bond donors (Lipinski definition) is 2. The molecule has 0 bridgehead atoms. The number of carbonyl (C=O) groups excluding carboxylic acids is 2. The van der Waals surface area contributed by atoms with Gasteiger partial charge in [-0.15, -0.1) is 0 Å². The van der Waals surface area contributed by atoms with E-state index >= 15 is 0 Å². The maximum atomic E-state index is 12.3. The van der Waals surface area contributed by atoms with E-state index in [1.165, 1.54) is 0 Å². The van der Waals surface area contributed by atoms with Gasteiger partial charge in [0.15, 0.2) is 18.5 Å². The van der Waals surface area contributed by atoms with Gasteiger partial charge in [0.1, 0.15) is 6.10 Å². The number of carbonyl (C=O) groups is 2. The van der Waals surface area contributed by atoms with Crippen LogP contribution in [0.3, 0.4) is 0 Å². The summed E-state index contributed by atoms with van der Waals surface area (Å²) >= 11 is 0. The molecule has 0 radical (unpaired) electrons. The van der Waals surface area contributed by atoms with E-state index in [2.05, 4.69) is 0 Å². The Morgan fingerprint density at radius 3 is 1.77 bits per heavy atom. The summed E-state index contributed by atoms with van der Waals surface area (Å²) in [6.45, 7) is -0.257. The van der Waals surface area contributed by atoms with E-state index in [1.807, 2.05) is 0 Å². The molecule has 1 fully saturated rings. The Labute approximate surface area is 149 Å². The second kappa shape index (κ2) is 8.09. The van der Waals surface area contributed by atoms with E-state index in [1.54, 1.807) is 60.7 Å². The molecule has 0 saturated carbocycles. The maximum absolute atomic E-state index is 12.3. The molecule has 1 unspecified atom stereocenters. The third-order valence-electron chi connectivity index (χ3n) is 3.93. The predicted octanol–water partition coefficient (Wildman–Crippen LogP) is 1.15. The molecule has 1 aliphatic rings. The SMILES string of the molecule is O=C(O[C@@H]1[C@@H](O)COC(O)[C@@H]1OC(=O)c1ccccc1)c1ccccc1. The lowest BCUT2D eigenvalue weighted by Crippen LogP contribution is -2.56. The molecule has 26 heavy (non-hydrogen) atoms. The van der Waals surface area contributed by atoms with Crippen molar-refractivity contribution in [1.82, 2.24) is 0 Å². The van der Waals surface area contributed by atoms with Crippen LogP contribution in [0.5, 0.6) is 0 Å². The van der Waals surface area contributed by atoms with Crippen LogP contribution in [0.25, 0.3) is 0 Å². The molecule has 136 valence electrons. The molecule has 0 amide bonds. The Balaban J connectivity index is 1.76. The topological polar surface area (TPSA) is 102 Å². The smallest absolute Gasteiger partial charge is 0.338 e. The minimum absolute atomic E-state index is 0.257. The number of aliphatic hydroxyl groups is 2. The molecule has 2 N–H and O–H groups in total. The van der Waals surface area contributed by atoms with Gasteiger partial charge in [-0.05, 0) is 24.3 Å². The lowest BCUT2D eigenvalue weighted by Gasteiger charge is -2.37. The standard InChI is InChI=1S/C19H18O7/c20-14-11-24-19(23)16(26-18(22)13-9-5-2-6-10-13)15(14)25-17(21)12-7-3-1-4-8-12/h1-10,14-16,19-20,23H,11H2/t14-,15+,16+,19?/m0/s1. The molecular weight excluding hydrogens is 340 g/mol. The highest BCUT2D eigenvalue weighted by Crippen LogP contribution is 2.23. The van der Waals surface area contributed by atoms with Crippen molar-refractivity contribution in [2.24, 2.45) is 0 Å². The molecule has 7 heteroatoms. The Kier molecular flexibility index (Phi) is 5.62. The molecule has 0 aromatic heterocycles. The van der Waals surface area contributed by atoms with Crippen molar-refractivity contribution in [3.63, 3.8) is 0 Å². The number of ether oxygens (including phenoxy) is 3. The van der Waals surface area contributed by atoms with Crippen LogP contribution in [0, 0.1) is 0 Å². The van der Waals surface area contributed by atoms with Gasteiger partial charge in [0.05, 0.1) is 17.7 Å². The molecule has 1 aliphatic heterocycles. The van der Waals surface area contributed by atoms with Gasteiger partial charge < -0.3 is 24.4 Å². The molecule has 2 aromatic rings. The normalized spacial score (nSPS) is 25.3. The van der Waals surface area contributed by atoms with E-state index in [9.17, 15) is 19.8 Å². The second-order valence-electron chi connectivity index (χ2n) is 5.76.